The van der Waals surface area contributed by atoms with Crippen molar-refractivity contribution in [2.45, 2.75) is 44.8 Å². The summed E-state index contributed by atoms with van der Waals surface area (Å²) in [4.78, 5) is 12.1. The van der Waals surface area contributed by atoms with Gasteiger partial charge in [-0.1, -0.05) is 22.0 Å². The predicted molar refractivity (Wildman–Crippen MR) is 74.6 cm³/mol. The SMILES string of the molecule is Cc1ccc(C(=O)NC2CCCC(O)C2)cc1Br. The molecule has 1 aliphatic rings. The number of aliphatic hydroxyl groups is 1. The predicted octanol–water partition coefficient (Wildman–Crippen LogP) is 2.79. The summed E-state index contributed by atoms with van der Waals surface area (Å²) in [6.45, 7) is 1.99. The van der Waals surface area contributed by atoms with E-state index in [9.17, 15) is 9.90 Å². The molecule has 2 N–H and O–H groups in total. The number of nitrogens with one attached hydrogen (secondary N) is 1. The van der Waals surface area contributed by atoms with Gasteiger partial charge in [0.15, 0.2) is 0 Å². The van der Waals surface area contributed by atoms with E-state index in [2.05, 4.69) is 21.2 Å². The van der Waals surface area contributed by atoms with Crippen LogP contribution >= 0.6 is 15.9 Å². The van der Waals surface area contributed by atoms with Gasteiger partial charge in [-0.2, -0.15) is 0 Å². The van der Waals surface area contributed by atoms with Crippen LogP contribution in [0.2, 0.25) is 0 Å². The van der Waals surface area contributed by atoms with Crippen LogP contribution in [0.5, 0.6) is 0 Å². The van der Waals surface area contributed by atoms with Gasteiger partial charge in [0.05, 0.1) is 6.10 Å². The molecule has 0 bridgehead atoms. The summed E-state index contributed by atoms with van der Waals surface area (Å²) < 4.78 is 0.943. The van der Waals surface area contributed by atoms with E-state index in [1.165, 1.54) is 0 Å². The van der Waals surface area contributed by atoms with E-state index < -0.39 is 0 Å². The summed E-state index contributed by atoms with van der Waals surface area (Å²) in [7, 11) is 0. The highest BCUT2D eigenvalue weighted by molar-refractivity contribution is 9.10. The number of aliphatic hydroxyl groups excluding tert-OH is 1. The summed E-state index contributed by atoms with van der Waals surface area (Å²) >= 11 is 3.43. The lowest BCUT2D eigenvalue weighted by Gasteiger charge is -2.26. The van der Waals surface area contributed by atoms with Crippen molar-refractivity contribution in [3.05, 3.63) is 33.8 Å². The molecule has 3 nitrogen and oxygen atoms in total. The zero-order valence-electron chi connectivity index (χ0n) is 10.4. The third-order valence-corrected chi connectivity index (χ3v) is 4.27. The topological polar surface area (TPSA) is 49.3 Å². The highest BCUT2D eigenvalue weighted by Gasteiger charge is 2.22. The lowest BCUT2D eigenvalue weighted by molar-refractivity contribution is 0.0850. The Kier molecular flexibility index (Phi) is 4.40. The van der Waals surface area contributed by atoms with Gasteiger partial charge in [-0.05, 0) is 50.3 Å². The zero-order valence-corrected chi connectivity index (χ0v) is 12.0. The molecule has 1 aromatic carbocycles. The smallest absolute Gasteiger partial charge is 0.251 e. The van der Waals surface area contributed by atoms with Crippen LogP contribution < -0.4 is 5.32 Å². The Balaban J connectivity index is 2.00. The van der Waals surface area contributed by atoms with Crippen LogP contribution in [0.3, 0.4) is 0 Å². The van der Waals surface area contributed by atoms with Gasteiger partial charge in [-0.3, -0.25) is 4.79 Å². The van der Waals surface area contributed by atoms with Gasteiger partial charge in [0, 0.05) is 16.1 Å². The minimum atomic E-state index is -0.270. The normalized spacial score (nSPS) is 23.7. The molecule has 1 saturated carbocycles. The maximum atomic E-state index is 12.1. The molecule has 18 heavy (non-hydrogen) atoms. The summed E-state index contributed by atoms with van der Waals surface area (Å²) in [6, 6.07) is 5.69. The van der Waals surface area contributed by atoms with Gasteiger partial charge in [0.25, 0.3) is 5.91 Å². The molecule has 1 aliphatic carbocycles. The minimum absolute atomic E-state index is 0.0604. The molecule has 0 spiro atoms. The fourth-order valence-electron chi connectivity index (χ4n) is 2.30. The second-order valence-electron chi connectivity index (χ2n) is 4.95. The van der Waals surface area contributed by atoms with Gasteiger partial charge in [-0.15, -0.1) is 0 Å². The molecule has 2 unspecified atom stereocenters. The summed E-state index contributed by atoms with van der Waals surface area (Å²) in [5.41, 5.74) is 1.77. The third-order valence-electron chi connectivity index (χ3n) is 3.42. The number of rotatable bonds is 2. The van der Waals surface area contributed by atoms with Crippen LogP contribution in [0.15, 0.2) is 22.7 Å². The minimum Gasteiger partial charge on any atom is -0.393 e. The molecule has 0 heterocycles. The van der Waals surface area contributed by atoms with Gasteiger partial charge >= 0.3 is 0 Å². The molecule has 2 rings (SSSR count). The fourth-order valence-corrected chi connectivity index (χ4v) is 2.68. The van der Waals surface area contributed by atoms with Crippen molar-refractivity contribution >= 4 is 21.8 Å². The molecule has 1 amide bonds. The maximum absolute atomic E-state index is 12.1. The Labute approximate surface area is 116 Å². The van der Waals surface area contributed by atoms with Crippen LogP contribution in [-0.4, -0.2) is 23.2 Å². The van der Waals surface area contributed by atoms with Gasteiger partial charge in [0.2, 0.25) is 0 Å². The number of hydrogen-bond donors (Lipinski definition) is 2. The molecule has 0 saturated heterocycles. The second-order valence-corrected chi connectivity index (χ2v) is 5.81. The molecule has 0 radical (unpaired) electrons. The van der Waals surface area contributed by atoms with Crippen molar-refractivity contribution in [2.75, 3.05) is 0 Å². The lowest BCUT2D eigenvalue weighted by atomic mass is 9.93. The average molecular weight is 312 g/mol. The van der Waals surface area contributed by atoms with Crippen molar-refractivity contribution in [1.29, 1.82) is 0 Å². The average Bonchev–Trinajstić information content (AvgIpc) is 2.32. The van der Waals surface area contributed by atoms with Crippen molar-refractivity contribution in [2.24, 2.45) is 0 Å². The van der Waals surface area contributed by atoms with E-state index in [0.29, 0.717) is 12.0 Å². The largest absolute Gasteiger partial charge is 0.393 e. The Morgan fingerprint density at radius 3 is 2.89 bits per heavy atom. The van der Waals surface area contributed by atoms with E-state index in [4.69, 9.17) is 0 Å². The highest BCUT2D eigenvalue weighted by Crippen LogP contribution is 2.20. The molecule has 98 valence electrons. The Bertz CT molecular complexity index is 447. The first kappa shape index (κ1) is 13.6. The lowest BCUT2D eigenvalue weighted by Crippen LogP contribution is -2.39. The molecule has 2 atom stereocenters. The van der Waals surface area contributed by atoms with E-state index in [0.717, 1.165) is 29.3 Å². The van der Waals surface area contributed by atoms with Crippen molar-refractivity contribution in [3.63, 3.8) is 0 Å². The number of aryl methyl sites for hydroxylation is 1. The summed E-state index contributed by atoms with van der Waals surface area (Å²) in [5.74, 6) is -0.0604. The van der Waals surface area contributed by atoms with Gasteiger partial charge < -0.3 is 10.4 Å². The van der Waals surface area contributed by atoms with Crippen LogP contribution in [0.4, 0.5) is 0 Å². The molecule has 4 heteroatoms. The highest BCUT2D eigenvalue weighted by atomic mass is 79.9. The zero-order chi connectivity index (χ0) is 13.1. The van der Waals surface area contributed by atoms with E-state index in [1.807, 2.05) is 25.1 Å². The standard InChI is InChI=1S/C14H18BrNO2/c1-9-5-6-10(7-13(9)15)14(18)16-11-3-2-4-12(17)8-11/h5-7,11-12,17H,2-4,8H2,1H3,(H,16,18). The second kappa shape index (κ2) is 5.85. The van der Waals surface area contributed by atoms with Crippen molar-refractivity contribution < 1.29 is 9.90 Å². The van der Waals surface area contributed by atoms with Crippen LogP contribution in [0.1, 0.15) is 41.6 Å². The summed E-state index contributed by atoms with van der Waals surface area (Å²) in [5, 5.41) is 12.6. The van der Waals surface area contributed by atoms with Gasteiger partial charge in [-0.25, -0.2) is 0 Å². The molecule has 1 aromatic rings. The third kappa shape index (κ3) is 3.33. The first-order valence-electron chi connectivity index (χ1n) is 6.31. The quantitative estimate of drug-likeness (QED) is 0.882. The number of benzene rings is 1. The number of carbonyl (C=O) groups is 1. The van der Waals surface area contributed by atoms with Gasteiger partial charge in [0.1, 0.15) is 0 Å². The van der Waals surface area contributed by atoms with Crippen molar-refractivity contribution in [1.82, 2.24) is 5.32 Å². The Hall–Kier alpha value is -0.870. The molecule has 0 aromatic heterocycles. The monoisotopic (exact) mass is 311 g/mol. The molecule has 1 fully saturated rings. The fraction of sp³-hybridized carbons (Fsp3) is 0.500. The number of hydrogen-bond acceptors (Lipinski definition) is 2. The Morgan fingerprint density at radius 1 is 1.44 bits per heavy atom. The van der Waals surface area contributed by atoms with Crippen LogP contribution in [0.25, 0.3) is 0 Å². The molecular formula is C14H18BrNO2. The van der Waals surface area contributed by atoms with Crippen molar-refractivity contribution in [3.8, 4) is 0 Å². The number of carbonyl (C=O) groups excluding carboxylic acids is 1. The molecule has 0 aliphatic heterocycles. The van der Waals surface area contributed by atoms with E-state index >= 15 is 0 Å². The number of halogens is 1. The number of amides is 1. The molecular weight excluding hydrogens is 294 g/mol. The summed E-state index contributed by atoms with van der Waals surface area (Å²) in [6.07, 6.45) is 3.18. The van der Waals surface area contributed by atoms with E-state index in [1.54, 1.807) is 0 Å². The van der Waals surface area contributed by atoms with Crippen LogP contribution in [-0.2, 0) is 0 Å². The van der Waals surface area contributed by atoms with E-state index in [-0.39, 0.29) is 18.1 Å². The first-order chi connectivity index (χ1) is 8.56. The Morgan fingerprint density at radius 2 is 2.22 bits per heavy atom. The first-order valence-corrected chi connectivity index (χ1v) is 7.10. The van der Waals surface area contributed by atoms with Crippen LogP contribution in [0, 0.1) is 6.92 Å². The maximum Gasteiger partial charge on any atom is 0.251 e.